The van der Waals surface area contributed by atoms with Gasteiger partial charge in [0.05, 0.1) is 42.6 Å². The molecule has 7 heteroatoms. The summed E-state index contributed by atoms with van der Waals surface area (Å²) in [5, 5.41) is 3.48. The number of fused-ring (bicyclic) bond motifs is 1. The highest BCUT2D eigenvalue weighted by Gasteiger charge is 2.28. The van der Waals surface area contributed by atoms with Crippen LogP contribution in [-0.4, -0.2) is 47.4 Å². The Bertz CT molecular complexity index is 915. The van der Waals surface area contributed by atoms with Gasteiger partial charge < -0.3 is 19.4 Å². The predicted molar refractivity (Wildman–Crippen MR) is 103 cm³/mol. The van der Waals surface area contributed by atoms with Crippen LogP contribution in [0.25, 0.3) is 10.9 Å². The maximum atomic E-state index is 12.7. The van der Waals surface area contributed by atoms with Crippen LogP contribution in [0, 0.1) is 0 Å². The number of ether oxygens (including phenoxy) is 2. The van der Waals surface area contributed by atoms with Crippen LogP contribution in [-0.2, 0) is 16.5 Å². The van der Waals surface area contributed by atoms with Crippen molar-refractivity contribution in [2.45, 2.75) is 32.4 Å². The standard InChI is InChI=1S/C20H25N3O4/c1-13(2)6-9-27-18-7-8-26-11-17(18)22-19(24)14-4-5-15-16(10-14)21-12-23(3)20(15)25/h4-6,10,12,17-18H,7-9,11H2,1-3H3,(H,22,24)/t17-,18+/m1/s1. The molecular weight excluding hydrogens is 346 g/mol. The lowest BCUT2D eigenvalue weighted by Crippen LogP contribution is -2.50. The molecule has 1 N–H and O–H groups in total. The summed E-state index contributed by atoms with van der Waals surface area (Å²) in [5.41, 5.74) is 2.01. The van der Waals surface area contributed by atoms with E-state index >= 15 is 0 Å². The first-order valence-electron chi connectivity index (χ1n) is 9.04. The smallest absolute Gasteiger partial charge is 0.260 e. The van der Waals surface area contributed by atoms with Crippen molar-refractivity contribution in [2.24, 2.45) is 7.05 Å². The molecule has 144 valence electrons. The third kappa shape index (κ3) is 4.61. The third-order valence-corrected chi connectivity index (χ3v) is 4.59. The molecule has 3 rings (SSSR count). The molecule has 0 bridgehead atoms. The van der Waals surface area contributed by atoms with Crippen LogP contribution in [0.4, 0.5) is 0 Å². The molecule has 1 aliphatic rings. The van der Waals surface area contributed by atoms with Crippen LogP contribution in [0.2, 0.25) is 0 Å². The van der Waals surface area contributed by atoms with Crippen molar-refractivity contribution in [2.75, 3.05) is 19.8 Å². The van der Waals surface area contributed by atoms with Gasteiger partial charge in [-0.1, -0.05) is 11.6 Å². The number of hydrogen-bond donors (Lipinski definition) is 1. The Balaban J connectivity index is 1.73. The molecular formula is C20H25N3O4. The van der Waals surface area contributed by atoms with E-state index in [0.717, 1.165) is 6.42 Å². The first-order chi connectivity index (χ1) is 13.0. The number of rotatable bonds is 5. The number of aryl methyl sites for hydroxylation is 1. The van der Waals surface area contributed by atoms with Crippen LogP contribution < -0.4 is 10.9 Å². The number of aromatic nitrogens is 2. The van der Waals surface area contributed by atoms with E-state index in [1.54, 1.807) is 25.2 Å². The Morgan fingerprint density at radius 3 is 3.04 bits per heavy atom. The zero-order chi connectivity index (χ0) is 19.4. The fourth-order valence-corrected chi connectivity index (χ4v) is 2.99. The molecule has 1 aromatic heterocycles. The van der Waals surface area contributed by atoms with Gasteiger partial charge in [0.1, 0.15) is 0 Å². The van der Waals surface area contributed by atoms with Crippen LogP contribution in [0.5, 0.6) is 0 Å². The van der Waals surface area contributed by atoms with Crippen molar-refractivity contribution in [1.82, 2.24) is 14.9 Å². The van der Waals surface area contributed by atoms with E-state index in [4.69, 9.17) is 9.47 Å². The second-order valence-corrected chi connectivity index (χ2v) is 6.99. The fourth-order valence-electron chi connectivity index (χ4n) is 2.99. The number of hydrogen-bond acceptors (Lipinski definition) is 5. The van der Waals surface area contributed by atoms with Gasteiger partial charge in [0.2, 0.25) is 0 Å². The van der Waals surface area contributed by atoms with E-state index in [9.17, 15) is 9.59 Å². The van der Waals surface area contributed by atoms with E-state index in [1.165, 1.54) is 16.5 Å². The normalized spacial score (nSPS) is 19.7. The maximum absolute atomic E-state index is 12.7. The average molecular weight is 371 g/mol. The van der Waals surface area contributed by atoms with Gasteiger partial charge in [0.15, 0.2) is 0 Å². The number of allylic oxidation sites excluding steroid dienone is 1. The highest BCUT2D eigenvalue weighted by molar-refractivity contribution is 5.97. The minimum absolute atomic E-state index is 0.0934. The largest absolute Gasteiger partial charge is 0.379 e. The number of amides is 1. The van der Waals surface area contributed by atoms with Crippen molar-refractivity contribution in [3.63, 3.8) is 0 Å². The van der Waals surface area contributed by atoms with Crippen LogP contribution in [0.15, 0.2) is 41.0 Å². The Kier molecular flexibility index (Phi) is 6.03. The summed E-state index contributed by atoms with van der Waals surface area (Å²) >= 11 is 0. The van der Waals surface area contributed by atoms with E-state index in [2.05, 4.69) is 10.3 Å². The molecule has 1 amide bonds. The second-order valence-electron chi connectivity index (χ2n) is 6.99. The van der Waals surface area contributed by atoms with Crippen molar-refractivity contribution in [3.05, 3.63) is 52.1 Å². The van der Waals surface area contributed by atoms with Crippen molar-refractivity contribution in [3.8, 4) is 0 Å². The van der Waals surface area contributed by atoms with Gasteiger partial charge in [-0.15, -0.1) is 0 Å². The minimum atomic E-state index is -0.231. The van der Waals surface area contributed by atoms with Crippen molar-refractivity contribution < 1.29 is 14.3 Å². The second kappa shape index (κ2) is 8.45. The lowest BCUT2D eigenvalue weighted by Gasteiger charge is -2.31. The summed E-state index contributed by atoms with van der Waals surface area (Å²) in [4.78, 5) is 29.0. The number of carbonyl (C=O) groups excluding carboxylic acids is 1. The minimum Gasteiger partial charge on any atom is -0.379 e. The molecule has 1 fully saturated rings. The molecule has 0 saturated carbocycles. The quantitative estimate of drug-likeness (QED) is 0.811. The monoisotopic (exact) mass is 371 g/mol. The molecule has 7 nitrogen and oxygen atoms in total. The molecule has 2 aromatic rings. The molecule has 0 radical (unpaired) electrons. The summed E-state index contributed by atoms with van der Waals surface area (Å²) in [6, 6.07) is 4.70. The van der Waals surface area contributed by atoms with Gasteiger partial charge >= 0.3 is 0 Å². The van der Waals surface area contributed by atoms with Gasteiger partial charge in [0, 0.05) is 19.2 Å². The van der Waals surface area contributed by atoms with Gasteiger partial charge in [-0.2, -0.15) is 0 Å². The average Bonchev–Trinajstić information content (AvgIpc) is 2.65. The summed E-state index contributed by atoms with van der Waals surface area (Å²) in [6.07, 6.45) is 4.11. The lowest BCUT2D eigenvalue weighted by molar-refractivity contribution is -0.0457. The van der Waals surface area contributed by atoms with Crippen molar-refractivity contribution >= 4 is 16.8 Å². The van der Waals surface area contributed by atoms with Crippen LogP contribution >= 0.6 is 0 Å². The van der Waals surface area contributed by atoms with Crippen LogP contribution in [0.1, 0.15) is 30.6 Å². The number of nitrogens with zero attached hydrogens (tertiary/aromatic N) is 2. The Morgan fingerprint density at radius 1 is 1.44 bits per heavy atom. The van der Waals surface area contributed by atoms with Gasteiger partial charge in [0.25, 0.3) is 11.5 Å². The molecule has 2 heterocycles. The maximum Gasteiger partial charge on any atom is 0.260 e. The molecule has 0 spiro atoms. The highest BCUT2D eigenvalue weighted by Crippen LogP contribution is 2.15. The number of nitrogens with one attached hydrogen (secondary N) is 1. The molecule has 0 unspecified atom stereocenters. The Morgan fingerprint density at radius 2 is 2.26 bits per heavy atom. The summed E-state index contributed by atoms with van der Waals surface area (Å²) in [7, 11) is 1.65. The summed E-state index contributed by atoms with van der Waals surface area (Å²) in [5.74, 6) is -0.231. The SMILES string of the molecule is CC(C)=CCO[C@H]1CCOC[C@H]1NC(=O)c1ccc2c(=O)n(C)cnc2c1. The first kappa shape index (κ1) is 19.3. The summed E-state index contributed by atoms with van der Waals surface area (Å²) < 4.78 is 12.8. The van der Waals surface area contributed by atoms with Gasteiger partial charge in [-0.05, 0) is 38.5 Å². The molecule has 1 saturated heterocycles. The van der Waals surface area contributed by atoms with Crippen LogP contribution in [0.3, 0.4) is 0 Å². The zero-order valence-corrected chi connectivity index (χ0v) is 15.9. The highest BCUT2D eigenvalue weighted by atomic mass is 16.5. The van der Waals surface area contributed by atoms with Gasteiger partial charge in [-0.3, -0.25) is 9.59 Å². The van der Waals surface area contributed by atoms with E-state index in [-0.39, 0.29) is 23.6 Å². The summed E-state index contributed by atoms with van der Waals surface area (Å²) in [6.45, 7) is 5.59. The van der Waals surface area contributed by atoms with Gasteiger partial charge in [-0.25, -0.2) is 4.98 Å². The Labute approximate surface area is 158 Å². The zero-order valence-electron chi connectivity index (χ0n) is 15.9. The van der Waals surface area contributed by atoms with E-state index in [1.807, 2.05) is 19.9 Å². The third-order valence-electron chi connectivity index (χ3n) is 4.59. The molecule has 27 heavy (non-hydrogen) atoms. The van der Waals surface area contributed by atoms with E-state index < -0.39 is 0 Å². The molecule has 2 atom stereocenters. The first-order valence-corrected chi connectivity index (χ1v) is 9.04. The van der Waals surface area contributed by atoms with E-state index in [0.29, 0.717) is 36.3 Å². The molecule has 1 aliphatic heterocycles. The molecule has 0 aliphatic carbocycles. The topological polar surface area (TPSA) is 82.5 Å². The number of benzene rings is 1. The number of carbonyl (C=O) groups is 1. The fraction of sp³-hybridized carbons (Fsp3) is 0.450. The Hall–Kier alpha value is -2.51. The predicted octanol–water partition coefficient (Wildman–Crippen LogP) is 1.80. The lowest BCUT2D eigenvalue weighted by atomic mass is 10.1. The van der Waals surface area contributed by atoms with Crippen molar-refractivity contribution in [1.29, 1.82) is 0 Å². The molecule has 1 aromatic carbocycles.